The Morgan fingerprint density at radius 1 is 1.29 bits per heavy atom. The van der Waals surface area contributed by atoms with Crippen LogP contribution in [0.25, 0.3) is 0 Å². The smallest absolute Gasteiger partial charge is 0.150 e. The van der Waals surface area contributed by atoms with Crippen molar-refractivity contribution in [3.05, 3.63) is 39.2 Å². The lowest BCUT2D eigenvalue weighted by Crippen LogP contribution is -2.01. The van der Waals surface area contributed by atoms with Crippen molar-refractivity contribution in [1.82, 2.24) is 14.8 Å². The van der Waals surface area contributed by atoms with Gasteiger partial charge in [-0.2, -0.15) is 5.10 Å². The van der Waals surface area contributed by atoms with Crippen LogP contribution >= 0.6 is 34.8 Å². The van der Waals surface area contributed by atoms with E-state index in [0.29, 0.717) is 22.4 Å². The molecule has 2 heterocycles. The van der Waals surface area contributed by atoms with Crippen molar-refractivity contribution in [2.24, 2.45) is 7.05 Å². The number of aromatic nitrogens is 3. The summed E-state index contributed by atoms with van der Waals surface area (Å²) in [6, 6.07) is 1.56. The van der Waals surface area contributed by atoms with Gasteiger partial charge in [0, 0.05) is 25.4 Å². The number of rotatable bonds is 3. The zero-order valence-corrected chi connectivity index (χ0v) is 11.2. The summed E-state index contributed by atoms with van der Waals surface area (Å²) in [5, 5.41) is 8.13. The van der Waals surface area contributed by atoms with E-state index >= 15 is 0 Å². The van der Waals surface area contributed by atoms with Gasteiger partial charge >= 0.3 is 0 Å². The molecule has 17 heavy (non-hydrogen) atoms. The highest BCUT2D eigenvalue weighted by atomic mass is 35.5. The molecule has 1 N–H and O–H groups in total. The maximum atomic E-state index is 5.98. The number of nitrogens with zero attached hydrogens (tertiary/aromatic N) is 3. The number of hydrogen-bond donors (Lipinski definition) is 1. The number of pyridine rings is 1. The molecule has 0 bridgehead atoms. The monoisotopic (exact) mass is 290 g/mol. The molecular weight excluding hydrogens is 282 g/mol. The van der Waals surface area contributed by atoms with Crippen molar-refractivity contribution in [3.63, 3.8) is 0 Å². The van der Waals surface area contributed by atoms with E-state index in [-0.39, 0.29) is 5.15 Å². The van der Waals surface area contributed by atoms with Crippen molar-refractivity contribution in [1.29, 1.82) is 0 Å². The molecule has 2 aromatic heterocycles. The number of hydrogen-bond acceptors (Lipinski definition) is 3. The average molecular weight is 292 g/mol. The maximum absolute atomic E-state index is 5.98. The highest BCUT2D eigenvalue weighted by Gasteiger charge is 2.07. The molecule has 0 atom stereocenters. The molecule has 0 amide bonds. The second kappa shape index (κ2) is 5.12. The first-order valence-corrected chi connectivity index (χ1v) is 5.92. The molecule has 2 rings (SSSR count). The Hall–Kier alpha value is -0.970. The van der Waals surface area contributed by atoms with Crippen molar-refractivity contribution in [2.45, 2.75) is 6.54 Å². The lowest BCUT2D eigenvalue weighted by molar-refractivity contribution is 0.767. The van der Waals surface area contributed by atoms with Crippen LogP contribution in [-0.2, 0) is 13.6 Å². The van der Waals surface area contributed by atoms with Gasteiger partial charge in [0.05, 0.1) is 16.2 Å². The van der Waals surface area contributed by atoms with Gasteiger partial charge in [0.25, 0.3) is 0 Å². The fraction of sp³-hybridized carbons (Fsp3) is 0.200. The quantitative estimate of drug-likeness (QED) is 0.882. The summed E-state index contributed by atoms with van der Waals surface area (Å²) >= 11 is 17.6. The third-order valence-electron chi connectivity index (χ3n) is 2.11. The van der Waals surface area contributed by atoms with E-state index in [0.717, 1.165) is 5.56 Å². The minimum atomic E-state index is 0.227. The van der Waals surface area contributed by atoms with Crippen LogP contribution in [0.3, 0.4) is 0 Å². The third kappa shape index (κ3) is 3.03. The standard InChI is InChI=1S/C10H9Cl3N4/c1-17-5-6(4-15-17)3-14-10-8(12)2-7(11)9(13)16-10/h2,4-5H,3H2,1H3,(H,14,16). The zero-order valence-electron chi connectivity index (χ0n) is 8.91. The molecule has 0 spiro atoms. The second-order valence-corrected chi connectivity index (χ2v) is 4.64. The van der Waals surface area contributed by atoms with Crippen LogP contribution in [0, 0.1) is 0 Å². The van der Waals surface area contributed by atoms with Gasteiger partial charge in [-0.3, -0.25) is 4.68 Å². The minimum absolute atomic E-state index is 0.227. The molecule has 2 aromatic rings. The predicted octanol–water partition coefficient (Wildman–Crippen LogP) is 3.39. The Bertz CT molecular complexity index is 538. The molecule has 7 heteroatoms. The summed E-state index contributed by atoms with van der Waals surface area (Å²) in [5.41, 5.74) is 1.02. The molecule has 0 saturated heterocycles. The van der Waals surface area contributed by atoms with E-state index in [1.165, 1.54) is 0 Å². The van der Waals surface area contributed by atoms with Crippen molar-refractivity contribution >= 4 is 40.6 Å². The van der Waals surface area contributed by atoms with Gasteiger partial charge in [0.2, 0.25) is 0 Å². The largest absolute Gasteiger partial charge is 0.365 e. The van der Waals surface area contributed by atoms with Crippen LogP contribution in [0.2, 0.25) is 15.2 Å². The summed E-state index contributed by atoms with van der Waals surface area (Å²) in [4.78, 5) is 4.06. The predicted molar refractivity (Wildman–Crippen MR) is 69.8 cm³/mol. The number of halogens is 3. The lowest BCUT2D eigenvalue weighted by atomic mass is 10.3. The van der Waals surface area contributed by atoms with Crippen LogP contribution in [0.15, 0.2) is 18.5 Å². The summed E-state index contributed by atoms with van der Waals surface area (Å²) in [6.45, 7) is 0.568. The molecule has 0 saturated carbocycles. The first-order chi connectivity index (χ1) is 8.06. The molecule has 0 aliphatic rings. The third-order valence-corrected chi connectivity index (χ3v) is 3.07. The highest BCUT2D eigenvalue weighted by Crippen LogP contribution is 2.28. The molecule has 0 aromatic carbocycles. The first kappa shape index (κ1) is 12.5. The number of aryl methyl sites for hydroxylation is 1. The second-order valence-electron chi connectivity index (χ2n) is 3.47. The molecule has 0 radical (unpaired) electrons. The van der Waals surface area contributed by atoms with E-state index in [4.69, 9.17) is 34.8 Å². The topological polar surface area (TPSA) is 42.7 Å². The normalized spacial score (nSPS) is 10.6. The van der Waals surface area contributed by atoms with Gasteiger partial charge in [-0.1, -0.05) is 34.8 Å². The highest BCUT2D eigenvalue weighted by molar-refractivity contribution is 6.42. The van der Waals surface area contributed by atoms with Gasteiger partial charge in [-0.05, 0) is 6.07 Å². The van der Waals surface area contributed by atoms with Crippen LogP contribution < -0.4 is 5.32 Å². The van der Waals surface area contributed by atoms with Gasteiger partial charge in [-0.15, -0.1) is 0 Å². The Kier molecular flexibility index (Phi) is 3.76. The fourth-order valence-corrected chi connectivity index (χ4v) is 1.88. The maximum Gasteiger partial charge on any atom is 0.150 e. The molecular formula is C10H9Cl3N4. The Labute approximate surface area is 114 Å². The number of anilines is 1. The molecule has 4 nitrogen and oxygen atoms in total. The summed E-state index contributed by atoms with van der Waals surface area (Å²) < 4.78 is 1.72. The summed E-state index contributed by atoms with van der Waals surface area (Å²) in [5.74, 6) is 0.505. The fourth-order valence-electron chi connectivity index (χ4n) is 1.32. The van der Waals surface area contributed by atoms with Crippen LogP contribution in [0.1, 0.15) is 5.56 Å². The molecule has 0 unspecified atom stereocenters. The summed E-state index contributed by atoms with van der Waals surface area (Å²) in [7, 11) is 1.86. The minimum Gasteiger partial charge on any atom is -0.365 e. The van der Waals surface area contributed by atoms with Crippen LogP contribution in [0.4, 0.5) is 5.82 Å². The summed E-state index contributed by atoms with van der Waals surface area (Å²) in [6.07, 6.45) is 3.66. The van der Waals surface area contributed by atoms with Gasteiger partial charge in [0.15, 0.2) is 0 Å². The lowest BCUT2D eigenvalue weighted by Gasteiger charge is -2.07. The average Bonchev–Trinajstić information content (AvgIpc) is 2.68. The van der Waals surface area contributed by atoms with E-state index in [1.807, 2.05) is 13.2 Å². The molecule has 0 aliphatic heterocycles. The number of nitrogens with one attached hydrogen (secondary N) is 1. The Balaban J connectivity index is 2.11. The molecule has 0 aliphatic carbocycles. The van der Waals surface area contributed by atoms with E-state index in [9.17, 15) is 0 Å². The van der Waals surface area contributed by atoms with Crippen molar-refractivity contribution < 1.29 is 0 Å². The zero-order chi connectivity index (χ0) is 12.4. The molecule has 90 valence electrons. The van der Waals surface area contributed by atoms with Gasteiger partial charge < -0.3 is 5.32 Å². The van der Waals surface area contributed by atoms with Gasteiger partial charge in [-0.25, -0.2) is 4.98 Å². The van der Waals surface area contributed by atoms with E-state index < -0.39 is 0 Å². The Morgan fingerprint density at radius 3 is 2.71 bits per heavy atom. The Morgan fingerprint density at radius 2 is 2.06 bits per heavy atom. The molecule has 0 fully saturated rings. The van der Waals surface area contributed by atoms with E-state index in [2.05, 4.69) is 15.4 Å². The van der Waals surface area contributed by atoms with E-state index in [1.54, 1.807) is 16.9 Å². The first-order valence-electron chi connectivity index (χ1n) is 4.79. The van der Waals surface area contributed by atoms with Crippen LogP contribution in [0.5, 0.6) is 0 Å². The van der Waals surface area contributed by atoms with Crippen molar-refractivity contribution in [2.75, 3.05) is 5.32 Å². The van der Waals surface area contributed by atoms with Crippen LogP contribution in [-0.4, -0.2) is 14.8 Å². The van der Waals surface area contributed by atoms with Gasteiger partial charge in [0.1, 0.15) is 11.0 Å². The van der Waals surface area contributed by atoms with Crippen molar-refractivity contribution in [3.8, 4) is 0 Å². The SMILES string of the molecule is Cn1cc(CNc2nc(Cl)c(Cl)cc2Cl)cn1.